The summed E-state index contributed by atoms with van der Waals surface area (Å²) in [5.74, 6) is -0.594. The second-order valence-corrected chi connectivity index (χ2v) is 7.30. The molecular weight excluding hydrogens is 365 g/mol. The lowest BCUT2D eigenvalue weighted by Crippen LogP contribution is -2.27. The summed E-state index contributed by atoms with van der Waals surface area (Å²) in [7, 11) is -4.35. The number of nitrogens with one attached hydrogen (secondary N) is 1. The number of ether oxygens (including phenoxy) is 1. The van der Waals surface area contributed by atoms with Crippen LogP contribution in [-0.2, 0) is 27.9 Å². The molecule has 0 heterocycles. The summed E-state index contributed by atoms with van der Waals surface area (Å²) in [5, 5.41) is 12.1. The van der Waals surface area contributed by atoms with Gasteiger partial charge in [0, 0.05) is 19.4 Å². The number of carbonyl (C=O) groups is 2. The van der Waals surface area contributed by atoms with Crippen molar-refractivity contribution in [2.24, 2.45) is 0 Å². The third-order valence-electron chi connectivity index (χ3n) is 3.26. The fraction of sp³-hybridized carbons (Fsp3) is 0.875. The van der Waals surface area contributed by atoms with Gasteiger partial charge in [-0.2, -0.15) is 0 Å². The molecule has 3 N–H and O–H groups in total. The number of rotatable bonds is 16. The number of phosphoric acid groups is 1. The first-order valence-electron chi connectivity index (χ1n) is 9.03. The van der Waals surface area contributed by atoms with E-state index in [0.717, 1.165) is 25.7 Å². The standard InChI is InChI=1S/C16H32NO8P/c1-3-5-6-7-9-16(20)23-12-14(18)13-25-26(21,22)24-11-10-17-15(19)8-4-2/h14,18H,3-13H2,1-2H3,(H,17,19)(H,21,22). The van der Waals surface area contributed by atoms with Crippen molar-refractivity contribution in [1.29, 1.82) is 0 Å². The molecule has 154 valence electrons. The van der Waals surface area contributed by atoms with Crippen LogP contribution in [0.25, 0.3) is 0 Å². The lowest BCUT2D eigenvalue weighted by Gasteiger charge is -2.15. The Hall–Kier alpha value is -0.990. The van der Waals surface area contributed by atoms with Crippen molar-refractivity contribution >= 4 is 19.7 Å². The van der Waals surface area contributed by atoms with Crippen LogP contribution in [0.1, 0.15) is 58.8 Å². The van der Waals surface area contributed by atoms with Gasteiger partial charge in [0.25, 0.3) is 0 Å². The number of hydrogen-bond donors (Lipinski definition) is 3. The van der Waals surface area contributed by atoms with Gasteiger partial charge in [0.2, 0.25) is 5.91 Å². The van der Waals surface area contributed by atoms with E-state index in [1.807, 2.05) is 6.92 Å². The molecule has 2 unspecified atom stereocenters. The van der Waals surface area contributed by atoms with E-state index in [1.165, 1.54) is 0 Å². The number of amides is 1. The Labute approximate surface area is 155 Å². The van der Waals surface area contributed by atoms with E-state index >= 15 is 0 Å². The van der Waals surface area contributed by atoms with Crippen LogP contribution >= 0.6 is 7.82 Å². The normalized spacial score (nSPS) is 14.5. The molecule has 0 fully saturated rings. The van der Waals surface area contributed by atoms with Crippen LogP contribution in [-0.4, -0.2) is 54.3 Å². The van der Waals surface area contributed by atoms with Crippen LogP contribution in [0.5, 0.6) is 0 Å². The Balaban J connectivity index is 3.81. The van der Waals surface area contributed by atoms with Gasteiger partial charge in [0.1, 0.15) is 12.7 Å². The SMILES string of the molecule is CCCCCCC(=O)OCC(O)COP(=O)(O)OCCNC(=O)CCC. The minimum Gasteiger partial charge on any atom is -0.463 e. The van der Waals surface area contributed by atoms with Crippen molar-refractivity contribution in [2.45, 2.75) is 64.9 Å². The van der Waals surface area contributed by atoms with E-state index in [1.54, 1.807) is 0 Å². The third-order valence-corrected chi connectivity index (χ3v) is 4.24. The lowest BCUT2D eigenvalue weighted by molar-refractivity contribution is -0.147. The first kappa shape index (κ1) is 25.0. The van der Waals surface area contributed by atoms with Gasteiger partial charge in [0.05, 0.1) is 13.2 Å². The molecule has 0 aliphatic rings. The summed E-state index contributed by atoms with van der Waals surface area (Å²) < 4.78 is 25.8. The summed E-state index contributed by atoms with van der Waals surface area (Å²) >= 11 is 0. The van der Waals surface area contributed by atoms with Gasteiger partial charge >= 0.3 is 13.8 Å². The molecule has 26 heavy (non-hydrogen) atoms. The summed E-state index contributed by atoms with van der Waals surface area (Å²) in [5.41, 5.74) is 0. The highest BCUT2D eigenvalue weighted by Gasteiger charge is 2.23. The molecule has 10 heteroatoms. The minimum absolute atomic E-state index is 0.0743. The molecule has 0 saturated heterocycles. The number of phosphoric ester groups is 1. The van der Waals surface area contributed by atoms with Gasteiger partial charge < -0.3 is 20.1 Å². The van der Waals surface area contributed by atoms with E-state index in [-0.39, 0.29) is 32.1 Å². The van der Waals surface area contributed by atoms with Crippen molar-refractivity contribution in [1.82, 2.24) is 5.32 Å². The zero-order valence-corrected chi connectivity index (χ0v) is 16.5. The predicted molar refractivity (Wildman–Crippen MR) is 95.4 cm³/mol. The summed E-state index contributed by atoms with van der Waals surface area (Å²) in [6.07, 6.45) is 3.92. The Kier molecular flexibility index (Phi) is 14.5. The number of carbonyl (C=O) groups excluding carboxylic acids is 2. The van der Waals surface area contributed by atoms with Gasteiger partial charge in [0.15, 0.2) is 0 Å². The molecule has 0 saturated carbocycles. The average Bonchev–Trinajstić information content (AvgIpc) is 2.59. The third kappa shape index (κ3) is 15.3. The molecule has 0 radical (unpaired) electrons. The van der Waals surface area contributed by atoms with Crippen molar-refractivity contribution in [3.05, 3.63) is 0 Å². The molecule has 0 rings (SSSR count). The van der Waals surface area contributed by atoms with Gasteiger partial charge in [-0.25, -0.2) is 4.57 Å². The van der Waals surface area contributed by atoms with Crippen LogP contribution < -0.4 is 5.32 Å². The highest BCUT2D eigenvalue weighted by atomic mass is 31.2. The van der Waals surface area contributed by atoms with Crippen LogP contribution in [0.4, 0.5) is 0 Å². The minimum atomic E-state index is -4.35. The van der Waals surface area contributed by atoms with Crippen LogP contribution in [0.15, 0.2) is 0 Å². The molecule has 0 aromatic rings. The smallest absolute Gasteiger partial charge is 0.463 e. The Morgan fingerprint density at radius 1 is 1.04 bits per heavy atom. The predicted octanol–water partition coefficient (Wildman–Crippen LogP) is 1.91. The number of hydrogen-bond acceptors (Lipinski definition) is 7. The van der Waals surface area contributed by atoms with E-state index < -0.39 is 26.5 Å². The molecule has 0 aromatic carbocycles. The fourth-order valence-corrected chi connectivity index (χ4v) is 2.65. The number of aliphatic hydroxyl groups is 1. The molecule has 1 amide bonds. The van der Waals surface area contributed by atoms with Gasteiger partial charge in [-0.15, -0.1) is 0 Å². The molecule has 0 aliphatic carbocycles. The fourth-order valence-electron chi connectivity index (χ4n) is 1.89. The first-order valence-corrected chi connectivity index (χ1v) is 10.5. The van der Waals surface area contributed by atoms with Crippen molar-refractivity contribution < 1.29 is 37.9 Å². The van der Waals surface area contributed by atoms with E-state index in [0.29, 0.717) is 12.8 Å². The molecule has 0 bridgehead atoms. The first-order chi connectivity index (χ1) is 12.3. The number of esters is 1. The van der Waals surface area contributed by atoms with Crippen LogP contribution in [0, 0.1) is 0 Å². The van der Waals surface area contributed by atoms with Gasteiger partial charge in [-0.1, -0.05) is 33.1 Å². The quantitative estimate of drug-likeness (QED) is 0.204. The zero-order chi connectivity index (χ0) is 19.8. The Morgan fingerprint density at radius 2 is 1.77 bits per heavy atom. The van der Waals surface area contributed by atoms with Crippen LogP contribution in [0.2, 0.25) is 0 Å². The highest BCUT2D eigenvalue weighted by Crippen LogP contribution is 2.42. The maximum atomic E-state index is 11.6. The molecule has 0 spiro atoms. The van der Waals surface area contributed by atoms with Crippen LogP contribution in [0.3, 0.4) is 0 Å². The summed E-state index contributed by atoms with van der Waals surface area (Å²) in [4.78, 5) is 32.1. The van der Waals surface area contributed by atoms with Gasteiger partial charge in [-0.3, -0.25) is 18.6 Å². The summed E-state index contributed by atoms with van der Waals surface area (Å²) in [6, 6.07) is 0. The van der Waals surface area contributed by atoms with Gasteiger partial charge in [-0.05, 0) is 12.8 Å². The molecule has 9 nitrogen and oxygen atoms in total. The average molecular weight is 397 g/mol. The van der Waals surface area contributed by atoms with Crippen molar-refractivity contribution in [3.8, 4) is 0 Å². The monoisotopic (exact) mass is 397 g/mol. The number of unbranched alkanes of at least 4 members (excludes halogenated alkanes) is 3. The van der Waals surface area contributed by atoms with E-state index in [4.69, 9.17) is 4.74 Å². The Morgan fingerprint density at radius 3 is 2.42 bits per heavy atom. The second kappa shape index (κ2) is 15.1. The number of aliphatic hydroxyl groups excluding tert-OH is 1. The Bertz CT molecular complexity index is 446. The van der Waals surface area contributed by atoms with Crippen molar-refractivity contribution in [2.75, 3.05) is 26.4 Å². The zero-order valence-electron chi connectivity index (χ0n) is 15.6. The highest BCUT2D eigenvalue weighted by molar-refractivity contribution is 7.47. The molecule has 0 aromatic heterocycles. The molecule has 0 aliphatic heterocycles. The second-order valence-electron chi connectivity index (χ2n) is 5.84. The summed E-state index contributed by atoms with van der Waals surface area (Å²) in [6.45, 7) is 2.97. The lowest BCUT2D eigenvalue weighted by atomic mass is 10.2. The molecule has 2 atom stereocenters. The van der Waals surface area contributed by atoms with Crippen molar-refractivity contribution in [3.63, 3.8) is 0 Å². The maximum Gasteiger partial charge on any atom is 0.472 e. The maximum absolute atomic E-state index is 11.6. The topological polar surface area (TPSA) is 131 Å². The largest absolute Gasteiger partial charge is 0.472 e. The van der Waals surface area contributed by atoms with E-state index in [2.05, 4.69) is 21.3 Å². The van der Waals surface area contributed by atoms with E-state index in [9.17, 15) is 24.2 Å². The molecular formula is C16H32NO8P.